The molecule has 0 spiro atoms. The highest BCUT2D eigenvalue weighted by Crippen LogP contribution is 2.21. The molecule has 0 aliphatic carbocycles. The van der Waals surface area contributed by atoms with Gasteiger partial charge in [0.2, 0.25) is 5.88 Å². The van der Waals surface area contributed by atoms with Crippen LogP contribution in [0.2, 0.25) is 0 Å². The monoisotopic (exact) mass is 198 g/mol. The molecule has 0 atom stereocenters. The van der Waals surface area contributed by atoms with Crippen LogP contribution in [-0.4, -0.2) is 30.4 Å². The second kappa shape index (κ2) is 3.43. The van der Waals surface area contributed by atoms with Crippen molar-refractivity contribution in [1.82, 2.24) is 9.69 Å². The van der Waals surface area contributed by atoms with E-state index >= 15 is 0 Å². The van der Waals surface area contributed by atoms with Crippen molar-refractivity contribution < 1.29 is 9.53 Å². The first-order valence-corrected chi connectivity index (χ1v) is 4.84. The van der Waals surface area contributed by atoms with Crippen LogP contribution in [0.25, 0.3) is 0 Å². The number of Topliss-reactive ketones (excluding diaryl/α,β-unsaturated/α-hetero) is 1. The fourth-order valence-corrected chi connectivity index (χ4v) is 1.87. The average Bonchev–Trinajstić information content (AvgIpc) is 2.48. The first-order chi connectivity index (χ1) is 6.31. The van der Waals surface area contributed by atoms with Crippen LogP contribution in [0.3, 0.4) is 0 Å². The SMILES string of the molecule is COc1cc(C(=O)C2CNC2)sn1. The normalized spacial score (nSPS) is 16.7. The van der Waals surface area contributed by atoms with Crippen molar-refractivity contribution in [1.29, 1.82) is 0 Å². The topological polar surface area (TPSA) is 51.2 Å². The number of rotatable bonds is 3. The Labute approximate surface area is 80.1 Å². The van der Waals surface area contributed by atoms with E-state index in [-0.39, 0.29) is 11.7 Å². The molecule has 5 heteroatoms. The summed E-state index contributed by atoms with van der Waals surface area (Å²) in [5.41, 5.74) is 0. The summed E-state index contributed by atoms with van der Waals surface area (Å²) in [6, 6.07) is 1.70. The summed E-state index contributed by atoms with van der Waals surface area (Å²) in [5, 5.41) is 3.06. The number of nitrogens with one attached hydrogen (secondary N) is 1. The highest BCUT2D eigenvalue weighted by atomic mass is 32.1. The highest BCUT2D eigenvalue weighted by Gasteiger charge is 2.27. The third-order valence-electron chi connectivity index (χ3n) is 2.09. The molecule has 1 aliphatic heterocycles. The Morgan fingerprint density at radius 2 is 2.54 bits per heavy atom. The Balaban J connectivity index is 2.10. The smallest absolute Gasteiger partial charge is 0.225 e. The van der Waals surface area contributed by atoms with Crippen molar-refractivity contribution >= 4 is 17.3 Å². The molecule has 1 saturated heterocycles. The Hall–Kier alpha value is -0.940. The molecular weight excluding hydrogens is 188 g/mol. The summed E-state index contributed by atoms with van der Waals surface area (Å²) >= 11 is 1.21. The molecule has 13 heavy (non-hydrogen) atoms. The molecule has 0 amide bonds. The fraction of sp³-hybridized carbons (Fsp3) is 0.500. The molecule has 1 aromatic rings. The van der Waals surface area contributed by atoms with E-state index in [1.807, 2.05) is 0 Å². The van der Waals surface area contributed by atoms with Crippen LogP contribution in [0.4, 0.5) is 0 Å². The van der Waals surface area contributed by atoms with E-state index in [1.165, 1.54) is 11.5 Å². The van der Waals surface area contributed by atoms with Gasteiger partial charge in [-0.3, -0.25) is 4.79 Å². The molecule has 1 N–H and O–H groups in total. The van der Waals surface area contributed by atoms with E-state index in [9.17, 15) is 4.79 Å². The van der Waals surface area contributed by atoms with Crippen LogP contribution in [0.1, 0.15) is 9.67 Å². The molecule has 0 unspecified atom stereocenters. The summed E-state index contributed by atoms with van der Waals surface area (Å²) in [5.74, 6) is 0.852. The number of ketones is 1. The van der Waals surface area contributed by atoms with E-state index in [2.05, 4.69) is 9.69 Å². The molecular formula is C8H10N2O2S. The molecule has 1 aliphatic rings. The number of aromatic nitrogens is 1. The Morgan fingerprint density at radius 1 is 1.77 bits per heavy atom. The molecule has 0 saturated carbocycles. The lowest BCUT2D eigenvalue weighted by Crippen LogP contribution is -2.46. The zero-order valence-corrected chi connectivity index (χ0v) is 8.06. The van der Waals surface area contributed by atoms with Crippen LogP contribution in [-0.2, 0) is 0 Å². The Bertz CT molecular complexity index is 320. The van der Waals surface area contributed by atoms with Gasteiger partial charge in [0.15, 0.2) is 5.78 Å². The van der Waals surface area contributed by atoms with Crippen molar-refractivity contribution in [2.75, 3.05) is 20.2 Å². The van der Waals surface area contributed by atoms with Crippen molar-refractivity contribution in [2.45, 2.75) is 0 Å². The zero-order chi connectivity index (χ0) is 9.26. The summed E-state index contributed by atoms with van der Waals surface area (Å²) in [7, 11) is 1.55. The van der Waals surface area contributed by atoms with Gasteiger partial charge in [0.1, 0.15) is 0 Å². The van der Waals surface area contributed by atoms with Gasteiger partial charge in [0.05, 0.1) is 12.0 Å². The van der Waals surface area contributed by atoms with Gasteiger partial charge in [-0.25, -0.2) is 0 Å². The van der Waals surface area contributed by atoms with Gasteiger partial charge in [0, 0.05) is 25.1 Å². The van der Waals surface area contributed by atoms with Gasteiger partial charge >= 0.3 is 0 Å². The predicted molar refractivity (Wildman–Crippen MR) is 49.4 cm³/mol. The lowest BCUT2D eigenvalue weighted by atomic mass is 9.97. The first kappa shape index (κ1) is 8.65. The third kappa shape index (κ3) is 1.57. The lowest BCUT2D eigenvalue weighted by molar-refractivity contribution is 0.0882. The maximum absolute atomic E-state index is 11.6. The van der Waals surface area contributed by atoms with Gasteiger partial charge in [-0.05, 0) is 11.5 Å². The van der Waals surface area contributed by atoms with Crippen LogP contribution in [0.15, 0.2) is 6.07 Å². The minimum Gasteiger partial charge on any atom is -0.480 e. The molecule has 1 aromatic heterocycles. The highest BCUT2D eigenvalue weighted by molar-refractivity contribution is 7.08. The average molecular weight is 198 g/mol. The Kier molecular flexibility index (Phi) is 2.28. The molecule has 70 valence electrons. The van der Waals surface area contributed by atoms with E-state index in [0.29, 0.717) is 10.8 Å². The van der Waals surface area contributed by atoms with E-state index in [1.54, 1.807) is 13.2 Å². The number of carbonyl (C=O) groups is 1. The summed E-state index contributed by atoms with van der Waals surface area (Å²) in [6.07, 6.45) is 0. The number of ether oxygens (including phenoxy) is 1. The zero-order valence-electron chi connectivity index (χ0n) is 7.24. The van der Waals surface area contributed by atoms with Gasteiger partial charge in [-0.2, -0.15) is 4.37 Å². The van der Waals surface area contributed by atoms with Crippen LogP contribution in [0.5, 0.6) is 5.88 Å². The minimum absolute atomic E-state index is 0.144. The molecule has 1 fully saturated rings. The van der Waals surface area contributed by atoms with Crippen molar-refractivity contribution in [3.8, 4) is 5.88 Å². The van der Waals surface area contributed by atoms with Gasteiger partial charge in [-0.15, -0.1) is 0 Å². The molecule has 0 aromatic carbocycles. The number of hydrogen-bond donors (Lipinski definition) is 1. The second-order valence-corrected chi connectivity index (χ2v) is 3.76. The number of methoxy groups -OCH3 is 1. The molecule has 0 bridgehead atoms. The second-order valence-electron chi connectivity index (χ2n) is 2.95. The van der Waals surface area contributed by atoms with Crippen molar-refractivity contribution in [3.05, 3.63) is 10.9 Å². The Morgan fingerprint density at radius 3 is 3.00 bits per heavy atom. The van der Waals surface area contributed by atoms with Gasteiger partial charge < -0.3 is 10.1 Å². The van der Waals surface area contributed by atoms with Gasteiger partial charge in [-0.1, -0.05) is 0 Å². The van der Waals surface area contributed by atoms with Crippen LogP contribution < -0.4 is 10.1 Å². The standard InChI is InChI=1S/C8H10N2O2S/c1-12-7-2-6(13-10-7)8(11)5-3-9-4-5/h2,5,9H,3-4H2,1H3. The molecule has 4 nitrogen and oxygen atoms in total. The fourth-order valence-electron chi connectivity index (χ4n) is 1.15. The third-order valence-corrected chi connectivity index (χ3v) is 2.88. The summed E-state index contributed by atoms with van der Waals surface area (Å²) in [6.45, 7) is 1.58. The quantitative estimate of drug-likeness (QED) is 0.721. The molecule has 0 radical (unpaired) electrons. The minimum atomic E-state index is 0.144. The summed E-state index contributed by atoms with van der Waals surface area (Å²) in [4.78, 5) is 12.3. The van der Waals surface area contributed by atoms with Gasteiger partial charge in [0.25, 0.3) is 0 Å². The van der Waals surface area contributed by atoms with E-state index in [4.69, 9.17) is 4.74 Å². The molecule has 2 rings (SSSR count). The maximum atomic E-state index is 11.6. The predicted octanol–water partition coefficient (Wildman–Crippen LogP) is 0.554. The number of nitrogens with zero attached hydrogens (tertiary/aromatic N) is 1. The van der Waals surface area contributed by atoms with Crippen molar-refractivity contribution in [2.24, 2.45) is 5.92 Å². The number of carbonyl (C=O) groups excluding carboxylic acids is 1. The summed E-state index contributed by atoms with van der Waals surface area (Å²) < 4.78 is 8.88. The number of hydrogen-bond acceptors (Lipinski definition) is 5. The van der Waals surface area contributed by atoms with Crippen molar-refractivity contribution in [3.63, 3.8) is 0 Å². The maximum Gasteiger partial charge on any atom is 0.225 e. The molecule has 2 heterocycles. The van der Waals surface area contributed by atoms with Crippen LogP contribution >= 0.6 is 11.5 Å². The van der Waals surface area contributed by atoms with E-state index < -0.39 is 0 Å². The first-order valence-electron chi connectivity index (χ1n) is 4.07. The van der Waals surface area contributed by atoms with E-state index in [0.717, 1.165) is 13.1 Å². The lowest BCUT2D eigenvalue weighted by Gasteiger charge is -2.24. The largest absolute Gasteiger partial charge is 0.480 e. The van der Waals surface area contributed by atoms with Crippen LogP contribution in [0, 0.1) is 5.92 Å².